The minimum Gasteiger partial charge on any atom is -0.389 e. The number of carbonyl (C=O) groups is 1. The van der Waals surface area contributed by atoms with Crippen molar-refractivity contribution in [1.82, 2.24) is 14.3 Å². The number of rotatable bonds is 11. The molecule has 0 spiro atoms. The summed E-state index contributed by atoms with van der Waals surface area (Å²) in [6.45, 7) is 0.705. The molecule has 1 saturated heterocycles. The van der Waals surface area contributed by atoms with Crippen LogP contribution in [0.4, 0.5) is 0 Å². The van der Waals surface area contributed by atoms with Crippen molar-refractivity contribution < 1.29 is 9.90 Å². The molecule has 1 fully saturated rings. The molecule has 3 rings (SSSR count). The van der Waals surface area contributed by atoms with Crippen LogP contribution in [0.2, 0.25) is 5.02 Å². The minimum absolute atomic E-state index is 0.0483. The molecule has 162 valence electrons. The van der Waals surface area contributed by atoms with Crippen LogP contribution in [0.1, 0.15) is 30.7 Å². The van der Waals surface area contributed by atoms with Gasteiger partial charge in [0.2, 0.25) is 5.91 Å². The topological polar surface area (TPSA) is 86.3 Å². The van der Waals surface area contributed by atoms with Crippen LogP contribution in [0, 0.1) is 0 Å². The van der Waals surface area contributed by atoms with Crippen LogP contribution < -0.4 is 4.87 Å². The molecule has 2 N–H and O–H groups in total. The number of thioether (sulfide) groups is 1. The number of carbonyl (C=O) groups excluding carboxylic acids is 1. The molecule has 0 unspecified atom stereocenters. The van der Waals surface area contributed by atoms with E-state index in [2.05, 4.69) is 9.36 Å². The van der Waals surface area contributed by atoms with Crippen molar-refractivity contribution in [2.75, 3.05) is 18.1 Å². The Kier molecular flexibility index (Phi) is 8.99. The van der Waals surface area contributed by atoms with Gasteiger partial charge in [-0.05, 0) is 36.3 Å². The number of aromatic amines is 1. The number of halogens is 1. The number of benzene rings is 1. The molecule has 1 amide bonds. The molecular weight excluding hydrogens is 442 g/mol. The number of aliphatic hydroxyl groups is 1. The third kappa shape index (κ3) is 7.27. The molecule has 30 heavy (non-hydrogen) atoms. The Bertz CT molecular complexity index is 915. The Hall–Kier alpha value is -1.61. The van der Waals surface area contributed by atoms with Gasteiger partial charge in [-0.2, -0.15) is 16.1 Å². The summed E-state index contributed by atoms with van der Waals surface area (Å²) in [4.78, 5) is 27.8. The zero-order valence-electron chi connectivity index (χ0n) is 16.6. The molecule has 6 nitrogen and oxygen atoms in total. The van der Waals surface area contributed by atoms with Gasteiger partial charge in [0.25, 0.3) is 0 Å². The molecule has 1 aromatic heterocycles. The summed E-state index contributed by atoms with van der Waals surface area (Å²) >= 11 is 8.75. The number of aryl methyl sites for hydroxylation is 1. The molecule has 0 aliphatic carbocycles. The van der Waals surface area contributed by atoms with Gasteiger partial charge in [-0.3, -0.25) is 14.6 Å². The summed E-state index contributed by atoms with van der Waals surface area (Å²) in [7, 11) is 0. The van der Waals surface area contributed by atoms with E-state index >= 15 is 0 Å². The number of nitrogens with zero attached hydrogens (tertiary/aromatic N) is 2. The lowest BCUT2D eigenvalue weighted by molar-refractivity contribution is -0.128. The lowest BCUT2D eigenvalue weighted by Crippen LogP contribution is -2.34. The van der Waals surface area contributed by atoms with E-state index in [4.69, 9.17) is 11.6 Å². The van der Waals surface area contributed by atoms with Gasteiger partial charge >= 0.3 is 4.87 Å². The molecule has 2 atom stereocenters. The summed E-state index contributed by atoms with van der Waals surface area (Å²) < 4.78 is 4.06. The van der Waals surface area contributed by atoms with Gasteiger partial charge in [-0.1, -0.05) is 35.9 Å². The van der Waals surface area contributed by atoms with Crippen LogP contribution in [-0.4, -0.2) is 55.5 Å². The fourth-order valence-corrected chi connectivity index (χ4v) is 5.04. The van der Waals surface area contributed by atoms with Crippen molar-refractivity contribution in [3.8, 4) is 0 Å². The zero-order valence-corrected chi connectivity index (χ0v) is 19.0. The van der Waals surface area contributed by atoms with Crippen LogP contribution in [0.3, 0.4) is 0 Å². The third-order valence-electron chi connectivity index (χ3n) is 4.93. The first kappa shape index (κ1) is 23.1. The van der Waals surface area contributed by atoms with Gasteiger partial charge in [-0.25, -0.2) is 0 Å². The predicted molar refractivity (Wildman–Crippen MR) is 123 cm³/mol. The highest BCUT2D eigenvalue weighted by Gasteiger charge is 2.28. The maximum absolute atomic E-state index is 12.2. The van der Waals surface area contributed by atoms with Gasteiger partial charge in [0.1, 0.15) is 5.82 Å². The number of aromatic nitrogens is 2. The summed E-state index contributed by atoms with van der Waals surface area (Å²) in [5.74, 6) is 2.76. The number of aliphatic hydroxyl groups excluding tert-OH is 1. The van der Waals surface area contributed by atoms with Crippen molar-refractivity contribution in [2.24, 2.45) is 0 Å². The SMILES string of the molecule is O=C1CC[C@H](/C=C/[C@@H](O)Cc2cccc(Cl)c2)N1CCSCCCc1nsc(=O)[nH]1. The molecular formula is C21H26ClN3O3S2. The fraction of sp³-hybridized carbons (Fsp3) is 0.476. The Morgan fingerprint density at radius 2 is 2.27 bits per heavy atom. The van der Waals surface area contributed by atoms with E-state index in [1.807, 2.05) is 35.2 Å². The predicted octanol–water partition coefficient (Wildman–Crippen LogP) is 3.30. The van der Waals surface area contributed by atoms with Crippen LogP contribution in [0.5, 0.6) is 0 Å². The smallest absolute Gasteiger partial charge is 0.323 e. The van der Waals surface area contributed by atoms with E-state index in [0.717, 1.165) is 53.7 Å². The number of amides is 1. The molecule has 2 heterocycles. The largest absolute Gasteiger partial charge is 0.389 e. The van der Waals surface area contributed by atoms with Gasteiger partial charge < -0.3 is 10.0 Å². The second kappa shape index (κ2) is 11.7. The standard InChI is InChI=1S/C21H26ClN3O3S2/c22-16-4-1-3-15(13-16)14-18(26)8-6-17-7-9-20(27)25(17)10-12-29-11-2-5-19-23-21(28)30-24-19/h1,3-4,6,8,13,17-18,26H,2,5,7,9-12,14H2,(H,23,24,28)/b8-6+/t17-,18+/m0/s1. The molecule has 0 radical (unpaired) electrons. The van der Waals surface area contributed by atoms with E-state index in [-0.39, 0.29) is 16.8 Å². The second-order valence-corrected chi connectivity index (χ2v) is 9.63. The van der Waals surface area contributed by atoms with Gasteiger partial charge in [0.05, 0.1) is 12.1 Å². The Balaban J connectivity index is 1.38. The summed E-state index contributed by atoms with van der Waals surface area (Å²) in [5, 5.41) is 11.0. The van der Waals surface area contributed by atoms with Gasteiger partial charge in [0, 0.05) is 48.1 Å². The van der Waals surface area contributed by atoms with E-state index in [9.17, 15) is 14.7 Å². The van der Waals surface area contributed by atoms with Crippen molar-refractivity contribution in [1.29, 1.82) is 0 Å². The van der Waals surface area contributed by atoms with Crippen molar-refractivity contribution in [2.45, 2.75) is 44.2 Å². The molecule has 9 heteroatoms. The first-order valence-electron chi connectivity index (χ1n) is 10.0. The Morgan fingerprint density at radius 3 is 3.03 bits per heavy atom. The highest BCUT2D eigenvalue weighted by molar-refractivity contribution is 7.99. The Morgan fingerprint density at radius 1 is 1.40 bits per heavy atom. The molecule has 1 aliphatic heterocycles. The van der Waals surface area contributed by atoms with E-state index < -0.39 is 6.10 Å². The lowest BCUT2D eigenvalue weighted by atomic mass is 10.1. The maximum atomic E-state index is 12.2. The molecule has 2 aromatic rings. The quantitative estimate of drug-likeness (QED) is 0.391. The number of hydrogen-bond acceptors (Lipinski definition) is 6. The number of likely N-dealkylation sites (tertiary alicyclic amines) is 1. The van der Waals surface area contributed by atoms with Crippen LogP contribution in [0.25, 0.3) is 0 Å². The Labute approximate surface area is 189 Å². The summed E-state index contributed by atoms with van der Waals surface area (Å²) in [6.07, 6.45) is 6.71. The van der Waals surface area contributed by atoms with Crippen LogP contribution in [0.15, 0.2) is 41.2 Å². The normalized spacial score (nSPS) is 17.9. The molecule has 0 bridgehead atoms. The molecule has 1 aliphatic rings. The zero-order chi connectivity index (χ0) is 21.3. The highest BCUT2D eigenvalue weighted by atomic mass is 35.5. The average Bonchev–Trinajstić information content (AvgIpc) is 3.28. The third-order valence-corrected chi connectivity index (χ3v) is 6.79. The first-order valence-corrected chi connectivity index (χ1v) is 12.3. The van der Waals surface area contributed by atoms with Gasteiger partial charge in [-0.15, -0.1) is 0 Å². The molecule has 1 aromatic carbocycles. The van der Waals surface area contributed by atoms with Gasteiger partial charge in [0.15, 0.2) is 0 Å². The average molecular weight is 468 g/mol. The summed E-state index contributed by atoms with van der Waals surface area (Å²) in [5.41, 5.74) is 0.983. The number of H-pyrrole nitrogens is 1. The summed E-state index contributed by atoms with van der Waals surface area (Å²) in [6, 6.07) is 7.53. The van der Waals surface area contributed by atoms with E-state index in [0.29, 0.717) is 24.4 Å². The van der Waals surface area contributed by atoms with Crippen LogP contribution in [-0.2, 0) is 17.6 Å². The number of nitrogens with one attached hydrogen (secondary N) is 1. The maximum Gasteiger partial charge on any atom is 0.323 e. The van der Waals surface area contributed by atoms with E-state index in [1.54, 1.807) is 17.8 Å². The van der Waals surface area contributed by atoms with Crippen molar-refractivity contribution in [3.05, 3.63) is 62.5 Å². The lowest BCUT2D eigenvalue weighted by Gasteiger charge is -2.22. The van der Waals surface area contributed by atoms with Crippen molar-refractivity contribution in [3.63, 3.8) is 0 Å². The first-order chi connectivity index (χ1) is 14.5. The number of hydrogen-bond donors (Lipinski definition) is 2. The van der Waals surface area contributed by atoms with E-state index in [1.165, 1.54) is 0 Å². The fourth-order valence-electron chi connectivity index (χ4n) is 3.45. The monoisotopic (exact) mass is 467 g/mol. The van der Waals surface area contributed by atoms with Crippen molar-refractivity contribution >= 4 is 40.8 Å². The van der Waals surface area contributed by atoms with Crippen LogP contribution >= 0.6 is 34.9 Å². The second-order valence-electron chi connectivity index (χ2n) is 7.24. The minimum atomic E-state index is -0.604. The highest BCUT2D eigenvalue weighted by Crippen LogP contribution is 2.21. The molecule has 0 saturated carbocycles.